The van der Waals surface area contributed by atoms with Crippen LogP contribution in [0.1, 0.15) is 17.1 Å². The molecule has 2 heterocycles. The standard InChI is InChI=1S/C17H16F3N3O2S/c1-9-8-26-14(22-9)2-3-21-17(25)10-4-15(24)23(7-10)11-5-12(18)16(20)13(19)6-11/h5-6,8,10H,2-4,7H2,1H3,(H,21,25)/t10-/m1/s1. The molecule has 0 unspecified atom stereocenters. The smallest absolute Gasteiger partial charge is 0.227 e. The first-order valence-corrected chi connectivity index (χ1v) is 8.86. The van der Waals surface area contributed by atoms with Crippen LogP contribution in [0.2, 0.25) is 0 Å². The van der Waals surface area contributed by atoms with E-state index in [4.69, 9.17) is 0 Å². The minimum Gasteiger partial charge on any atom is -0.355 e. The van der Waals surface area contributed by atoms with Crippen LogP contribution in [0.15, 0.2) is 17.5 Å². The van der Waals surface area contributed by atoms with Gasteiger partial charge in [0.15, 0.2) is 17.5 Å². The molecule has 1 aliphatic heterocycles. The molecule has 138 valence electrons. The summed E-state index contributed by atoms with van der Waals surface area (Å²) in [7, 11) is 0. The number of carbonyl (C=O) groups is 2. The molecule has 1 saturated heterocycles. The highest BCUT2D eigenvalue weighted by Crippen LogP contribution is 2.28. The van der Waals surface area contributed by atoms with Gasteiger partial charge in [0.1, 0.15) is 0 Å². The van der Waals surface area contributed by atoms with Crippen molar-refractivity contribution in [2.75, 3.05) is 18.0 Å². The second-order valence-corrected chi connectivity index (χ2v) is 7.00. The molecule has 1 aromatic heterocycles. The number of halogens is 3. The van der Waals surface area contributed by atoms with Crippen molar-refractivity contribution < 1.29 is 22.8 Å². The van der Waals surface area contributed by atoms with Gasteiger partial charge >= 0.3 is 0 Å². The molecule has 0 saturated carbocycles. The van der Waals surface area contributed by atoms with Gasteiger partial charge in [0, 0.05) is 54.8 Å². The number of nitrogens with zero attached hydrogens (tertiary/aromatic N) is 2. The Morgan fingerprint density at radius 2 is 2.04 bits per heavy atom. The maximum absolute atomic E-state index is 13.4. The van der Waals surface area contributed by atoms with E-state index in [1.807, 2.05) is 12.3 Å². The van der Waals surface area contributed by atoms with Crippen LogP contribution in [-0.4, -0.2) is 29.9 Å². The molecule has 1 fully saturated rings. The highest BCUT2D eigenvalue weighted by Gasteiger charge is 2.35. The topological polar surface area (TPSA) is 62.3 Å². The minimum atomic E-state index is -1.59. The first-order valence-electron chi connectivity index (χ1n) is 7.98. The summed E-state index contributed by atoms with van der Waals surface area (Å²) in [6, 6.07) is 1.50. The molecule has 1 atom stereocenters. The fourth-order valence-electron chi connectivity index (χ4n) is 2.79. The average Bonchev–Trinajstić information content (AvgIpc) is 3.18. The number of nitrogens with one attached hydrogen (secondary N) is 1. The Labute approximate surface area is 151 Å². The van der Waals surface area contributed by atoms with Crippen LogP contribution in [0.25, 0.3) is 0 Å². The third-order valence-electron chi connectivity index (χ3n) is 4.08. The third-order valence-corrected chi connectivity index (χ3v) is 5.11. The van der Waals surface area contributed by atoms with E-state index in [2.05, 4.69) is 10.3 Å². The largest absolute Gasteiger partial charge is 0.355 e. The van der Waals surface area contributed by atoms with Gasteiger partial charge in [-0.2, -0.15) is 0 Å². The van der Waals surface area contributed by atoms with Gasteiger partial charge in [0.25, 0.3) is 0 Å². The van der Waals surface area contributed by atoms with Crippen LogP contribution in [-0.2, 0) is 16.0 Å². The van der Waals surface area contributed by atoms with Gasteiger partial charge in [-0.25, -0.2) is 18.2 Å². The first-order chi connectivity index (χ1) is 12.3. The second kappa shape index (κ2) is 7.45. The lowest BCUT2D eigenvalue weighted by Crippen LogP contribution is -2.34. The van der Waals surface area contributed by atoms with E-state index in [9.17, 15) is 22.8 Å². The van der Waals surface area contributed by atoms with Crippen LogP contribution in [0.4, 0.5) is 18.9 Å². The number of carbonyl (C=O) groups excluding carboxylic acids is 2. The number of hydrogen-bond acceptors (Lipinski definition) is 4. The van der Waals surface area contributed by atoms with Gasteiger partial charge in [0.2, 0.25) is 11.8 Å². The molecule has 0 aliphatic carbocycles. The Balaban J connectivity index is 1.59. The maximum atomic E-state index is 13.4. The summed E-state index contributed by atoms with van der Waals surface area (Å²) in [6.45, 7) is 2.26. The Hall–Kier alpha value is -2.42. The van der Waals surface area contributed by atoms with Gasteiger partial charge < -0.3 is 10.2 Å². The molecule has 0 spiro atoms. The first kappa shape index (κ1) is 18.4. The molecule has 0 radical (unpaired) electrons. The summed E-state index contributed by atoms with van der Waals surface area (Å²) in [4.78, 5) is 29.7. The molecule has 0 bridgehead atoms. The van der Waals surface area contributed by atoms with Gasteiger partial charge in [0.05, 0.1) is 10.9 Å². The zero-order valence-electron chi connectivity index (χ0n) is 13.9. The van der Waals surface area contributed by atoms with E-state index in [1.54, 1.807) is 0 Å². The van der Waals surface area contributed by atoms with Gasteiger partial charge in [-0.3, -0.25) is 9.59 Å². The van der Waals surface area contributed by atoms with Gasteiger partial charge in [-0.05, 0) is 6.92 Å². The maximum Gasteiger partial charge on any atom is 0.227 e. The van der Waals surface area contributed by atoms with E-state index in [0.29, 0.717) is 13.0 Å². The Bertz CT molecular complexity index is 833. The zero-order chi connectivity index (χ0) is 18.8. The highest BCUT2D eigenvalue weighted by molar-refractivity contribution is 7.09. The van der Waals surface area contributed by atoms with Crippen molar-refractivity contribution in [3.05, 3.63) is 45.7 Å². The van der Waals surface area contributed by atoms with Crippen LogP contribution < -0.4 is 10.2 Å². The summed E-state index contributed by atoms with van der Waals surface area (Å²) in [5, 5.41) is 5.58. The van der Waals surface area contributed by atoms with E-state index in [-0.39, 0.29) is 24.6 Å². The van der Waals surface area contributed by atoms with Gasteiger partial charge in [-0.1, -0.05) is 0 Å². The number of anilines is 1. The van der Waals surface area contributed by atoms with Crippen molar-refractivity contribution >= 4 is 28.8 Å². The van der Waals surface area contributed by atoms with Crippen molar-refractivity contribution in [3.8, 4) is 0 Å². The van der Waals surface area contributed by atoms with Crippen molar-refractivity contribution in [1.29, 1.82) is 0 Å². The van der Waals surface area contributed by atoms with Crippen molar-refractivity contribution in [2.45, 2.75) is 19.8 Å². The Kier molecular flexibility index (Phi) is 5.26. The SMILES string of the molecule is Cc1csc(CCNC(=O)[C@@H]2CC(=O)N(c3cc(F)c(F)c(F)c3)C2)n1. The van der Waals surface area contributed by atoms with E-state index in [0.717, 1.165) is 27.7 Å². The van der Waals surface area contributed by atoms with Crippen LogP contribution in [0.5, 0.6) is 0 Å². The average molecular weight is 383 g/mol. The fourth-order valence-corrected chi connectivity index (χ4v) is 3.56. The number of benzene rings is 1. The number of amides is 2. The van der Waals surface area contributed by atoms with Crippen LogP contribution in [0.3, 0.4) is 0 Å². The predicted octanol–water partition coefficient (Wildman–Crippen LogP) is 2.58. The number of thiazole rings is 1. The molecule has 2 aromatic rings. The lowest BCUT2D eigenvalue weighted by Gasteiger charge is -2.17. The highest BCUT2D eigenvalue weighted by atomic mass is 32.1. The zero-order valence-corrected chi connectivity index (χ0v) is 14.7. The molecule has 1 aromatic carbocycles. The normalized spacial score (nSPS) is 17.0. The molecule has 3 rings (SSSR count). The number of aromatic nitrogens is 1. The van der Waals surface area contributed by atoms with Crippen molar-refractivity contribution in [3.63, 3.8) is 0 Å². The Morgan fingerprint density at radius 3 is 2.65 bits per heavy atom. The molecular weight excluding hydrogens is 367 g/mol. The summed E-state index contributed by atoms with van der Waals surface area (Å²) in [5.74, 6) is -5.72. The lowest BCUT2D eigenvalue weighted by atomic mass is 10.1. The number of aryl methyl sites for hydroxylation is 1. The van der Waals surface area contributed by atoms with Crippen LogP contribution in [0, 0.1) is 30.3 Å². The van der Waals surface area contributed by atoms with E-state index >= 15 is 0 Å². The molecule has 26 heavy (non-hydrogen) atoms. The van der Waals surface area contributed by atoms with Gasteiger partial charge in [-0.15, -0.1) is 11.3 Å². The molecule has 5 nitrogen and oxygen atoms in total. The monoisotopic (exact) mass is 383 g/mol. The van der Waals surface area contributed by atoms with Crippen molar-refractivity contribution in [2.24, 2.45) is 5.92 Å². The quantitative estimate of drug-likeness (QED) is 0.808. The van der Waals surface area contributed by atoms with Crippen LogP contribution >= 0.6 is 11.3 Å². The summed E-state index contributed by atoms with van der Waals surface area (Å²) in [5.41, 5.74) is 0.826. The minimum absolute atomic E-state index is 0.00839. The predicted molar refractivity (Wildman–Crippen MR) is 90.3 cm³/mol. The third kappa shape index (κ3) is 3.87. The van der Waals surface area contributed by atoms with Crippen molar-refractivity contribution in [1.82, 2.24) is 10.3 Å². The second-order valence-electron chi connectivity index (χ2n) is 6.05. The molecular formula is C17H16F3N3O2S. The molecule has 2 amide bonds. The van der Waals surface area contributed by atoms with E-state index in [1.165, 1.54) is 11.3 Å². The summed E-state index contributed by atoms with van der Waals surface area (Å²) in [6.07, 6.45) is 0.520. The molecule has 1 N–H and O–H groups in total. The number of hydrogen-bond donors (Lipinski definition) is 1. The Morgan fingerprint density at radius 1 is 1.35 bits per heavy atom. The molecule has 9 heteroatoms. The summed E-state index contributed by atoms with van der Waals surface area (Å²) < 4.78 is 39.8. The summed E-state index contributed by atoms with van der Waals surface area (Å²) >= 11 is 1.51. The molecule has 1 aliphatic rings. The van der Waals surface area contributed by atoms with E-state index < -0.39 is 29.3 Å². The fraction of sp³-hybridized carbons (Fsp3) is 0.353. The lowest BCUT2D eigenvalue weighted by molar-refractivity contribution is -0.126. The number of rotatable bonds is 5.